The van der Waals surface area contributed by atoms with Crippen LogP contribution in [0.15, 0.2) is 36.4 Å². The lowest BCUT2D eigenvalue weighted by Gasteiger charge is -2.35. The predicted octanol–water partition coefficient (Wildman–Crippen LogP) is 4.26. The number of halogens is 2. The molecule has 0 spiro atoms. The third-order valence-electron chi connectivity index (χ3n) is 7.77. The number of nitrogens with one attached hydrogen (secondary N) is 1. The number of aromatic nitrogens is 2. The molecule has 13 heteroatoms. The molecule has 2 amide bonds. The minimum Gasteiger partial charge on any atom is -0.471 e. The maximum atomic E-state index is 15.3. The minimum atomic E-state index is -3.51. The predicted molar refractivity (Wildman–Crippen MR) is 156 cm³/mol. The number of esters is 1. The third-order valence-corrected chi connectivity index (χ3v) is 7.77. The molecule has 1 aliphatic heterocycles. The van der Waals surface area contributed by atoms with Gasteiger partial charge in [0.05, 0.1) is 30.8 Å². The highest BCUT2D eigenvalue weighted by Crippen LogP contribution is 2.37. The van der Waals surface area contributed by atoms with Crippen LogP contribution in [0.2, 0.25) is 0 Å². The average molecular weight is 619 g/mol. The molecular weight excluding hydrogens is 578 g/mol. The quantitative estimate of drug-likeness (QED) is 0.312. The zero-order valence-electron chi connectivity index (χ0n) is 25.6. The number of para-hydroxylation sites is 2. The summed E-state index contributed by atoms with van der Waals surface area (Å²) >= 11 is 0. The number of alkyl halides is 2. The van der Waals surface area contributed by atoms with Crippen molar-refractivity contribution in [3.63, 3.8) is 0 Å². The number of rotatable bonds is 9. The first-order valence-corrected chi connectivity index (χ1v) is 14.8. The Morgan fingerprint density at radius 1 is 1.16 bits per heavy atom. The van der Waals surface area contributed by atoms with Crippen LogP contribution in [-0.2, 0) is 25.0 Å². The van der Waals surface area contributed by atoms with E-state index >= 15 is 8.78 Å². The zero-order chi connectivity index (χ0) is 32.2. The minimum absolute atomic E-state index is 0.0711. The summed E-state index contributed by atoms with van der Waals surface area (Å²) in [5, 5.41) is 12.7. The van der Waals surface area contributed by atoms with E-state index in [1.165, 1.54) is 18.1 Å². The highest BCUT2D eigenvalue weighted by molar-refractivity contribution is 5.91. The lowest BCUT2D eigenvalue weighted by atomic mass is 9.85. The molecule has 2 N–H and O–H groups in total. The number of benzene rings is 1. The summed E-state index contributed by atoms with van der Waals surface area (Å²) in [6, 6.07) is 4.28. The fourth-order valence-electron chi connectivity index (χ4n) is 5.42. The lowest BCUT2D eigenvalue weighted by Crippen LogP contribution is -2.57. The Bertz CT molecular complexity index is 1400. The number of methoxy groups -OCH3 is 1. The van der Waals surface area contributed by atoms with Gasteiger partial charge in [-0.3, -0.25) is 4.79 Å². The fraction of sp³-hybridized carbons (Fsp3) is 0.581. The molecule has 0 unspecified atom stereocenters. The number of fused-ring (bicyclic) bond motifs is 1. The van der Waals surface area contributed by atoms with Crippen LogP contribution < -0.4 is 10.1 Å². The Morgan fingerprint density at radius 3 is 2.43 bits per heavy atom. The molecule has 0 bridgehead atoms. The van der Waals surface area contributed by atoms with Crippen LogP contribution in [0.5, 0.6) is 5.88 Å². The van der Waals surface area contributed by atoms with E-state index in [-0.39, 0.29) is 18.5 Å². The van der Waals surface area contributed by atoms with Crippen LogP contribution in [0.3, 0.4) is 0 Å². The van der Waals surface area contributed by atoms with Gasteiger partial charge in [-0.2, -0.15) is 8.78 Å². The number of carbonyl (C=O) groups excluding carboxylic acids is 3. The molecular formula is C31H40F2N4O7. The summed E-state index contributed by atoms with van der Waals surface area (Å²) < 4.78 is 47.0. The van der Waals surface area contributed by atoms with Crippen LogP contribution in [0, 0.1) is 5.41 Å². The molecule has 44 heavy (non-hydrogen) atoms. The maximum absolute atomic E-state index is 15.3. The van der Waals surface area contributed by atoms with E-state index in [4.69, 9.17) is 14.2 Å². The van der Waals surface area contributed by atoms with Gasteiger partial charge in [-0.1, -0.05) is 45.9 Å². The Labute approximate surface area is 255 Å². The number of aliphatic hydroxyl groups excluding tert-OH is 1. The fourth-order valence-corrected chi connectivity index (χ4v) is 5.42. The average Bonchev–Trinajstić information content (AvgIpc) is 3.58. The Balaban J connectivity index is 1.61. The highest BCUT2D eigenvalue weighted by Gasteiger charge is 2.47. The number of allylic oxidation sites excluding steroid dienone is 2. The second-order valence-electron chi connectivity index (χ2n) is 12.2. The van der Waals surface area contributed by atoms with Gasteiger partial charge in [0.1, 0.15) is 24.3 Å². The van der Waals surface area contributed by atoms with Gasteiger partial charge in [0.15, 0.2) is 5.69 Å². The van der Waals surface area contributed by atoms with Crippen molar-refractivity contribution < 1.29 is 42.5 Å². The number of hydrogen-bond donors (Lipinski definition) is 2. The number of ether oxygens (including phenoxy) is 3. The van der Waals surface area contributed by atoms with E-state index in [9.17, 15) is 19.5 Å². The van der Waals surface area contributed by atoms with Crippen molar-refractivity contribution >= 4 is 29.0 Å². The number of aliphatic hydroxyl groups is 1. The monoisotopic (exact) mass is 618 g/mol. The molecule has 1 aliphatic carbocycles. The molecule has 1 aromatic carbocycles. The number of hydrogen-bond acceptors (Lipinski definition) is 9. The first kappa shape index (κ1) is 33.0. The van der Waals surface area contributed by atoms with Gasteiger partial charge >= 0.3 is 18.0 Å². The van der Waals surface area contributed by atoms with E-state index in [0.29, 0.717) is 31.2 Å². The number of alkyl carbamates (subject to hydrolysis) is 1. The number of nitrogens with zero attached hydrogens (tertiary/aromatic N) is 3. The van der Waals surface area contributed by atoms with E-state index < -0.39 is 71.3 Å². The standard InChI is InChI=1S/C31H40F2N4O7/c1-6-7-15-31(32,33)24-26(35-20-12-9-8-11-19(20)34-24)43-18-16-21(28(40)42-5)37(17-18)27(39)25(30(2,3)4)36-29(41)44-23-14-10-13-22(23)38/h7-9,11-12,15,18,21-23,25,38H,6,10,13-14,16-17H2,1-5H3,(H,36,41)/b15-7+/t18-,21+,22-,23-,25-/m1/s1. The summed E-state index contributed by atoms with van der Waals surface area (Å²) in [5.41, 5.74) is -0.924. The third kappa shape index (κ3) is 7.43. The van der Waals surface area contributed by atoms with Crippen LogP contribution >= 0.6 is 0 Å². The zero-order valence-corrected chi connectivity index (χ0v) is 25.6. The molecule has 2 heterocycles. The van der Waals surface area contributed by atoms with Gasteiger partial charge in [-0.25, -0.2) is 19.6 Å². The van der Waals surface area contributed by atoms with Crippen molar-refractivity contribution in [2.45, 2.75) is 96.1 Å². The van der Waals surface area contributed by atoms with Crippen molar-refractivity contribution in [2.75, 3.05) is 13.7 Å². The summed E-state index contributed by atoms with van der Waals surface area (Å²) in [6.45, 7) is 6.76. The molecule has 1 saturated heterocycles. The van der Waals surface area contributed by atoms with Crippen LogP contribution in [0.4, 0.5) is 13.6 Å². The first-order chi connectivity index (χ1) is 20.7. The molecule has 2 aliphatic rings. The second kappa shape index (κ2) is 13.4. The summed E-state index contributed by atoms with van der Waals surface area (Å²) in [6.07, 6.45) is 0.841. The number of carbonyl (C=O) groups is 3. The van der Waals surface area contributed by atoms with Crippen LogP contribution in [0.1, 0.15) is 65.5 Å². The van der Waals surface area contributed by atoms with Crippen molar-refractivity contribution in [1.29, 1.82) is 0 Å². The van der Waals surface area contributed by atoms with Crippen molar-refractivity contribution in [3.05, 3.63) is 42.1 Å². The highest BCUT2D eigenvalue weighted by atomic mass is 19.3. The smallest absolute Gasteiger partial charge is 0.408 e. The maximum Gasteiger partial charge on any atom is 0.408 e. The molecule has 5 atom stereocenters. The topological polar surface area (TPSA) is 140 Å². The molecule has 2 aromatic rings. The van der Waals surface area contributed by atoms with Crippen LogP contribution in [-0.4, -0.2) is 82.0 Å². The molecule has 240 valence electrons. The molecule has 0 radical (unpaired) electrons. The SMILES string of the molecule is CC/C=C/C(F)(F)c1nc2ccccc2nc1O[C@@H]1C[C@@H](C(=O)OC)N(C(=O)[C@@H](NC(=O)O[C@@H]2CCC[C@H]2O)C(C)(C)C)C1. The summed E-state index contributed by atoms with van der Waals surface area (Å²) in [5.74, 6) is -5.26. The molecule has 1 saturated carbocycles. The Hall–Kier alpha value is -3.87. The van der Waals surface area contributed by atoms with E-state index in [2.05, 4.69) is 15.3 Å². The number of likely N-dealkylation sites (tertiary alicyclic amines) is 1. The van der Waals surface area contributed by atoms with Gasteiger partial charge < -0.3 is 29.5 Å². The molecule has 2 fully saturated rings. The van der Waals surface area contributed by atoms with Gasteiger partial charge in [0, 0.05) is 6.42 Å². The van der Waals surface area contributed by atoms with Gasteiger partial charge in [-0.05, 0) is 49.3 Å². The van der Waals surface area contributed by atoms with Gasteiger partial charge in [0.2, 0.25) is 11.8 Å². The lowest BCUT2D eigenvalue weighted by molar-refractivity contribution is -0.152. The molecule has 4 rings (SSSR count). The van der Waals surface area contributed by atoms with Gasteiger partial charge in [0.25, 0.3) is 0 Å². The van der Waals surface area contributed by atoms with Crippen LogP contribution in [0.25, 0.3) is 11.0 Å². The van der Waals surface area contributed by atoms with Crippen molar-refractivity contribution in [1.82, 2.24) is 20.2 Å². The summed E-state index contributed by atoms with van der Waals surface area (Å²) in [4.78, 5) is 49.3. The molecule has 1 aromatic heterocycles. The normalized spacial score (nSPS) is 23.1. The van der Waals surface area contributed by atoms with Crippen molar-refractivity contribution in [2.24, 2.45) is 5.41 Å². The van der Waals surface area contributed by atoms with E-state index in [1.807, 2.05) is 0 Å². The first-order valence-electron chi connectivity index (χ1n) is 14.8. The van der Waals surface area contributed by atoms with Crippen molar-refractivity contribution in [3.8, 4) is 5.88 Å². The van der Waals surface area contributed by atoms with E-state index in [1.54, 1.807) is 52.0 Å². The Kier molecular flexibility index (Phi) is 10.1. The Morgan fingerprint density at radius 2 is 1.84 bits per heavy atom. The largest absolute Gasteiger partial charge is 0.471 e. The van der Waals surface area contributed by atoms with Gasteiger partial charge in [-0.15, -0.1) is 0 Å². The summed E-state index contributed by atoms with van der Waals surface area (Å²) in [7, 11) is 1.18. The second-order valence-corrected chi connectivity index (χ2v) is 12.2. The number of amides is 2. The van der Waals surface area contributed by atoms with E-state index in [0.717, 1.165) is 6.08 Å². The molecule has 11 nitrogen and oxygen atoms in total.